The van der Waals surface area contributed by atoms with E-state index in [1.165, 1.54) is 6.92 Å². The van der Waals surface area contributed by atoms with Crippen LogP contribution in [0, 0.1) is 0 Å². The van der Waals surface area contributed by atoms with Crippen molar-refractivity contribution in [2.24, 2.45) is 0 Å². The monoisotopic (exact) mass is 247 g/mol. The molecule has 1 heterocycles. The molecule has 0 bridgehead atoms. The van der Waals surface area contributed by atoms with E-state index in [0.717, 1.165) is 17.8 Å². The maximum Gasteiger partial charge on any atom is 0.221 e. The van der Waals surface area contributed by atoms with Gasteiger partial charge in [-0.25, -0.2) is 0 Å². The minimum absolute atomic E-state index is 0.0728. The number of rotatable bonds is 4. The van der Waals surface area contributed by atoms with Crippen LogP contribution in [0.4, 0.5) is 5.69 Å². The fourth-order valence-electron chi connectivity index (χ4n) is 1.92. The highest BCUT2D eigenvalue weighted by atomic mass is 16.2. The van der Waals surface area contributed by atoms with Gasteiger partial charge < -0.3 is 16.0 Å². The first-order valence-electron chi connectivity index (χ1n) is 6.00. The largest absolute Gasteiger partial charge is 0.354 e. The lowest BCUT2D eigenvalue weighted by molar-refractivity contribution is -0.119. The van der Waals surface area contributed by atoms with E-state index < -0.39 is 0 Å². The molecule has 5 heteroatoms. The van der Waals surface area contributed by atoms with Crippen LogP contribution in [0.15, 0.2) is 24.3 Å². The third-order valence-corrected chi connectivity index (χ3v) is 2.85. The SMILES string of the molecule is CC(=O)Nc1ccc(CNC2CNC(=O)C2)cc1. The van der Waals surface area contributed by atoms with Crippen molar-refractivity contribution in [3.8, 4) is 0 Å². The molecule has 0 saturated carbocycles. The molecular weight excluding hydrogens is 230 g/mol. The van der Waals surface area contributed by atoms with Gasteiger partial charge in [0.25, 0.3) is 0 Å². The van der Waals surface area contributed by atoms with E-state index in [4.69, 9.17) is 0 Å². The summed E-state index contributed by atoms with van der Waals surface area (Å²) in [5, 5.41) is 8.83. The van der Waals surface area contributed by atoms with Crippen LogP contribution in [0.5, 0.6) is 0 Å². The fraction of sp³-hybridized carbons (Fsp3) is 0.385. The predicted molar refractivity (Wildman–Crippen MR) is 69.0 cm³/mol. The first kappa shape index (κ1) is 12.6. The van der Waals surface area contributed by atoms with Crippen LogP contribution in [-0.4, -0.2) is 24.4 Å². The molecule has 5 nitrogen and oxygen atoms in total. The van der Waals surface area contributed by atoms with Gasteiger partial charge in [-0.05, 0) is 17.7 Å². The number of amides is 2. The maximum atomic E-state index is 11.0. The van der Waals surface area contributed by atoms with E-state index >= 15 is 0 Å². The smallest absolute Gasteiger partial charge is 0.221 e. The summed E-state index contributed by atoms with van der Waals surface area (Å²) in [6.07, 6.45) is 0.546. The van der Waals surface area contributed by atoms with E-state index in [9.17, 15) is 9.59 Å². The second kappa shape index (κ2) is 5.64. The Morgan fingerprint density at radius 2 is 2.11 bits per heavy atom. The molecule has 0 radical (unpaired) electrons. The molecule has 3 N–H and O–H groups in total. The van der Waals surface area contributed by atoms with E-state index in [1.54, 1.807) is 0 Å². The fourth-order valence-corrected chi connectivity index (χ4v) is 1.92. The summed E-state index contributed by atoms with van der Waals surface area (Å²) in [5.41, 5.74) is 1.92. The second-order valence-corrected chi connectivity index (χ2v) is 4.46. The van der Waals surface area contributed by atoms with Crippen LogP contribution >= 0.6 is 0 Å². The molecule has 1 aromatic carbocycles. The standard InChI is InChI=1S/C13H17N3O2/c1-9(17)16-11-4-2-10(3-5-11)7-14-12-6-13(18)15-8-12/h2-5,12,14H,6-8H2,1H3,(H,15,18)(H,16,17). The van der Waals surface area contributed by atoms with Crippen molar-refractivity contribution >= 4 is 17.5 Å². The van der Waals surface area contributed by atoms with Gasteiger partial charge in [-0.3, -0.25) is 9.59 Å². The number of benzene rings is 1. The molecule has 96 valence electrons. The van der Waals surface area contributed by atoms with Gasteiger partial charge in [0.2, 0.25) is 11.8 Å². The van der Waals surface area contributed by atoms with E-state index in [1.807, 2.05) is 24.3 Å². The highest BCUT2D eigenvalue weighted by Gasteiger charge is 2.20. The average molecular weight is 247 g/mol. The number of anilines is 1. The van der Waals surface area contributed by atoms with Crippen LogP contribution in [0.3, 0.4) is 0 Å². The van der Waals surface area contributed by atoms with Gasteiger partial charge in [0, 0.05) is 38.2 Å². The van der Waals surface area contributed by atoms with Gasteiger partial charge in [0.05, 0.1) is 0 Å². The van der Waals surface area contributed by atoms with Crippen molar-refractivity contribution in [3.63, 3.8) is 0 Å². The van der Waals surface area contributed by atoms with Crippen LogP contribution in [-0.2, 0) is 16.1 Å². The van der Waals surface area contributed by atoms with Crippen molar-refractivity contribution in [1.29, 1.82) is 0 Å². The van der Waals surface area contributed by atoms with Gasteiger partial charge >= 0.3 is 0 Å². The van der Waals surface area contributed by atoms with Gasteiger partial charge in [0.1, 0.15) is 0 Å². The quantitative estimate of drug-likeness (QED) is 0.730. The Labute approximate surface area is 106 Å². The summed E-state index contributed by atoms with van der Waals surface area (Å²) in [6, 6.07) is 7.88. The average Bonchev–Trinajstić information content (AvgIpc) is 2.74. The Morgan fingerprint density at radius 1 is 1.39 bits per heavy atom. The molecule has 1 aliphatic heterocycles. The highest BCUT2D eigenvalue weighted by molar-refractivity contribution is 5.88. The topological polar surface area (TPSA) is 70.2 Å². The molecule has 1 unspecified atom stereocenters. The molecule has 0 aliphatic carbocycles. The molecule has 0 spiro atoms. The van der Waals surface area contributed by atoms with E-state index in [-0.39, 0.29) is 17.9 Å². The number of carbonyl (C=O) groups is 2. The minimum atomic E-state index is -0.0728. The van der Waals surface area contributed by atoms with Crippen molar-refractivity contribution in [3.05, 3.63) is 29.8 Å². The lowest BCUT2D eigenvalue weighted by Gasteiger charge is -2.10. The maximum absolute atomic E-state index is 11.0. The zero-order valence-electron chi connectivity index (χ0n) is 10.3. The third kappa shape index (κ3) is 3.56. The Balaban J connectivity index is 1.82. The zero-order valence-corrected chi connectivity index (χ0v) is 10.3. The summed E-state index contributed by atoms with van der Waals surface area (Å²) in [6.45, 7) is 2.91. The van der Waals surface area contributed by atoms with Crippen LogP contribution < -0.4 is 16.0 Å². The Bertz CT molecular complexity index is 442. The Hall–Kier alpha value is -1.88. The Kier molecular flexibility index (Phi) is 3.94. The van der Waals surface area contributed by atoms with E-state index in [2.05, 4.69) is 16.0 Å². The molecule has 18 heavy (non-hydrogen) atoms. The number of nitrogens with one attached hydrogen (secondary N) is 3. The molecular formula is C13H17N3O2. The summed E-state index contributed by atoms with van der Waals surface area (Å²) in [5.74, 6) is 0.0323. The predicted octanol–water partition coefficient (Wildman–Crippen LogP) is 0.623. The van der Waals surface area contributed by atoms with Crippen LogP contribution in [0.25, 0.3) is 0 Å². The Morgan fingerprint density at radius 3 is 2.67 bits per heavy atom. The van der Waals surface area contributed by atoms with E-state index in [0.29, 0.717) is 13.0 Å². The first-order chi connectivity index (χ1) is 8.63. The summed E-state index contributed by atoms with van der Waals surface area (Å²) in [4.78, 5) is 21.9. The summed E-state index contributed by atoms with van der Waals surface area (Å²) >= 11 is 0. The van der Waals surface area contributed by atoms with Crippen molar-refractivity contribution in [2.75, 3.05) is 11.9 Å². The molecule has 0 aromatic heterocycles. The van der Waals surface area contributed by atoms with Gasteiger partial charge in [-0.2, -0.15) is 0 Å². The third-order valence-electron chi connectivity index (χ3n) is 2.85. The highest BCUT2D eigenvalue weighted by Crippen LogP contribution is 2.10. The molecule has 2 rings (SSSR count). The zero-order chi connectivity index (χ0) is 13.0. The molecule has 1 aliphatic rings. The lowest BCUT2D eigenvalue weighted by Crippen LogP contribution is -2.30. The van der Waals surface area contributed by atoms with Crippen LogP contribution in [0.1, 0.15) is 18.9 Å². The van der Waals surface area contributed by atoms with Gasteiger partial charge in [-0.15, -0.1) is 0 Å². The molecule has 1 aromatic rings. The van der Waals surface area contributed by atoms with Crippen molar-refractivity contribution in [2.45, 2.75) is 25.9 Å². The van der Waals surface area contributed by atoms with Crippen molar-refractivity contribution < 1.29 is 9.59 Å². The number of carbonyl (C=O) groups excluding carboxylic acids is 2. The summed E-state index contributed by atoms with van der Waals surface area (Å²) in [7, 11) is 0. The number of hydrogen-bond donors (Lipinski definition) is 3. The number of hydrogen-bond acceptors (Lipinski definition) is 3. The van der Waals surface area contributed by atoms with Crippen molar-refractivity contribution in [1.82, 2.24) is 10.6 Å². The normalized spacial score (nSPS) is 18.5. The summed E-state index contributed by atoms with van der Waals surface area (Å²) < 4.78 is 0. The molecule has 1 saturated heterocycles. The molecule has 1 atom stereocenters. The van der Waals surface area contributed by atoms with Gasteiger partial charge in [-0.1, -0.05) is 12.1 Å². The minimum Gasteiger partial charge on any atom is -0.354 e. The van der Waals surface area contributed by atoms with Gasteiger partial charge in [0.15, 0.2) is 0 Å². The first-order valence-corrected chi connectivity index (χ1v) is 6.00. The van der Waals surface area contributed by atoms with Crippen LogP contribution in [0.2, 0.25) is 0 Å². The molecule has 2 amide bonds. The second-order valence-electron chi connectivity index (χ2n) is 4.46. The lowest BCUT2D eigenvalue weighted by atomic mass is 10.2. The molecule has 1 fully saturated rings.